The lowest BCUT2D eigenvalue weighted by Gasteiger charge is -2.41. The van der Waals surface area contributed by atoms with Crippen LogP contribution in [0.1, 0.15) is 53.4 Å². The third kappa shape index (κ3) is 1.26. The predicted octanol–water partition coefficient (Wildman–Crippen LogP) is 1.70. The highest BCUT2D eigenvalue weighted by Gasteiger charge is 2.75. The standard InChI is InChI=1S/C15H26O3/c1-9-10(16)5-15(18)8-14(17)7-12(2,3)6-11(14)13(9,15)4/h9-11,16-18H,5-8H2,1-4H3/t9-,10+,11-,13-,14-,15-/m0/s1. The van der Waals surface area contributed by atoms with E-state index in [4.69, 9.17) is 0 Å². The van der Waals surface area contributed by atoms with Crippen LogP contribution in [0.5, 0.6) is 0 Å². The van der Waals surface area contributed by atoms with Crippen molar-refractivity contribution in [3.63, 3.8) is 0 Å². The Morgan fingerprint density at radius 2 is 1.61 bits per heavy atom. The van der Waals surface area contributed by atoms with E-state index < -0.39 is 17.3 Å². The molecule has 0 spiro atoms. The molecule has 0 amide bonds. The van der Waals surface area contributed by atoms with E-state index in [1.165, 1.54) is 0 Å². The SMILES string of the molecule is C[C@H]1[C@H](O)C[C@]2(O)C[C@@]3(O)CC(C)(C)C[C@H]3[C@]12C. The van der Waals surface area contributed by atoms with Gasteiger partial charge >= 0.3 is 0 Å². The molecule has 0 radical (unpaired) electrons. The molecule has 0 bridgehead atoms. The minimum absolute atomic E-state index is 0.0513. The number of aliphatic hydroxyl groups is 3. The zero-order chi connectivity index (χ0) is 13.6. The zero-order valence-electron chi connectivity index (χ0n) is 11.9. The van der Waals surface area contributed by atoms with Crippen LogP contribution < -0.4 is 0 Å². The largest absolute Gasteiger partial charge is 0.393 e. The third-order valence-electron chi connectivity index (χ3n) is 6.59. The highest BCUT2D eigenvalue weighted by molar-refractivity contribution is 5.25. The number of aliphatic hydroxyl groups excluding tert-OH is 1. The van der Waals surface area contributed by atoms with Gasteiger partial charge in [0.25, 0.3) is 0 Å². The van der Waals surface area contributed by atoms with Crippen molar-refractivity contribution in [1.29, 1.82) is 0 Å². The first kappa shape index (κ1) is 12.9. The van der Waals surface area contributed by atoms with Crippen LogP contribution in [0.25, 0.3) is 0 Å². The van der Waals surface area contributed by atoms with Crippen LogP contribution in [0.2, 0.25) is 0 Å². The molecular formula is C15H26O3. The Morgan fingerprint density at radius 1 is 1.00 bits per heavy atom. The second-order valence-corrected chi connectivity index (χ2v) is 8.25. The summed E-state index contributed by atoms with van der Waals surface area (Å²) in [6.07, 6.45) is 2.13. The molecule has 3 heteroatoms. The number of rotatable bonds is 0. The van der Waals surface area contributed by atoms with Gasteiger partial charge in [0.1, 0.15) is 0 Å². The topological polar surface area (TPSA) is 60.7 Å². The normalized spacial score (nSPS) is 61.8. The van der Waals surface area contributed by atoms with Gasteiger partial charge in [-0.25, -0.2) is 0 Å². The first-order valence-corrected chi connectivity index (χ1v) is 7.17. The van der Waals surface area contributed by atoms with E-state index in [1.54, 1.807) is 0 Å². The Balaban J connectivity index is 2.07. The van der Waals surface area contributed by atoms with Crippen molar-refractivity contribution in [2.75, 3.05) is 0 Å². The molecule has 0 aromatic heterocycles. The Bertz CT molecular complexity index is 393. The van der Waals surface area contributed by atoms with Crippen molar-refractivity contribution in [3.05, 3.63) is 0 Å². The molecule has 3 rings (SSSR count). The molecule has 18 heavy (non-hydrogen) atoms. The molecule has 0 aliphatic heterocycles. The Hall–Kier alpha value is -0.120. The van der Waals surface area contributed by atoms with Gasteiger partial charge in [-0.05, 0) is 30.1 Å². The van der Waals surface area contributed by atoms with Crippen molar-refractivity contribution in [2.24, 2.45) is 22.7 Å². The van der Waals surface area contributed by atoms with E-state index in [9.17, 15) is 15.3 Å². The first-order valence-electron chi connectivity index (χ1n) is 7.17. The monoisotopic (exact) mass is 254 g/mol. The van der Waals surface area contributed by atoms with Crippen LogP contribution in [0, 0.1) is 22.7 Å². The lowest BCUT2D eigenvalue weighted by Crippen LogP contribution is -2.44. The number of hydrogen-bond donors (Lipinski definition) is 3. The van der Waals surface area contributed by atoms with E-state index in [1.807, 2.05) is 6.92 Å². The molecular weight excluding hydrogens is 228 g/mol. The molecule has 0 aromatic carbocycles. The van der Waals surface area contributed by atoms with Crippen LogP contribution in [-0.4, -0.2) is 32.6 Å². The average molecular weight is 254 g/mol. The highest BCUT2D eigenvalue weighted by atomic mass is 16.3. The summed E-state index contributed by atoms with van der Waals surface area (Å²) in [6, 6.07) is 0. The molecule has 0 aromatic rings. The molecule has 3 nitrogen and oxygen atoms in total. The van der Waals surface area contributed by atoms with E-state index in [0.717, 1.165) is 12.8 Å². The summed E-state index contributed by atoms with van der Waals surface area (Å²) in [7, 11) is 0. The van der Waals surface area contributed by atoms with Gasteiger partial charge in [0.05, 0.1) is 17.3 Å². The van der Waals surface area contributed by atoms with Gasteiger partial charge < -0.3 is 15.3 Å². The Morgan fingerprint density at radius 3 is 2.22 bits per heavy atom. The van der Waals surface area contributed by atoms with E-state index in [-0.39, 0.29) is 22.7 Å². The van der Waals surface area contributed by atoms with Crippen LogP contribution in [0.4, 0.5) is 0 Å². The maximum Gasteiger partial charge on any atom is 0.0760 e. The van der Waals surface area contributed by atoms with Crippen LogP contribution in [0.3, 0.4) is 0 Å². The minimum Gasteiger partial charge on any atom is -0.393 e. The summed E-state index contributed by atoms with van der Waals surface area (Å²) in [5.41, 5.74) is -1.84. The summed E-state index contributed by atoms with van der Waals surface area (Å²) in [6.45, 7) is 8.50. The molecule has 3 saturated carbocycles. The van der Waals surface area contributed by atoms with Gasteiger partial charge in [-0.15, -0.1) is 0 Å². The Labute approximate surface area is 109 Å². The van der Waals surface area contributed by atoms with Crippen LogP contribution in [-0.2, 0) is 0 Å². The minimum atomic E-state index is -0.887. The second-order valence-electron chi connectivity index (χ2n) is 8.25. The first-order chi connectivity index (χ1) is 8.04. The molecule has 3 aliphatic carbocycles. The summed E-state index contributed by atoms with van der Waals surface area (Å²) in [5.74, 6) is 0.160. The van der Waals surface area contributed by atoms with E-state index in [0.29, 0.717) is 12.8 Å². The number of hydrogen-bond acceptors (Lipinski definition) is 3. The smallest absolute Gasteiger partial charge is 0.0760 e. The maximum absolute atomic E-state index is 11.0. The molecule has 0 heterocycles. The van der Waals surface area contributed by atoms with Gasteiger partial charge in [0, 0.05) is 18.3 Å². The zero-order valence-corrected chi connectivity index (χ0v) is 11.9. The van der Waals surface area contributed by atoms with Gasteiger partial charge in [-0.2, -0.15) is 0 Å². The van der Waals surface area contributed by atoms with E-state index in [2.05, 4.69) is 20.8 Å². The lowest BCUT2D eigenvalue weighted by molar-refractivity contribution is -0.0642. The van der Waals surface area contributed by atoms with Gasteiger partial charge in [-0.1, -0.05) is 27.7 Å². The molecule has 0 saturated heterocycles. The van der Waals surface area contributed by atoms with Gasteiger partial charge in [0.15, 0.2) is 0 Å². The summed E-state index contributed by atoms with van der Waals surface area (Å²) in [5, 5.41) is 32.0. The second kappa shape index (κ2) is 3.13. The molecule has 3 N–H and O–H groups in total. The summed E-state index contributed by atoms with van der Waals surface area (Å²) in [4.78, 5) is 0. The lowest BCUT2D eigenvalue weighted by atomic mass is 9.66. The molecule has 0 unspecified atom stereocenters. The van der Waals surface area contributed by atoms with Crippen LogP contribution in [0.15, 0.2) is 0 Å². The average Bonchev–Trinajstić information content (AvgIpc) is 2.57. The maximum atomic E-state index is 11.0. The molecule has 104 valence electrons. The third-order valence-corrected chi connectivity index (χ3v) is 6.59. The fourth-order valence-electron chi connectivity index (χ4n) is 5.70. The van der Waals surface area contributed by atoms with Crippen LogP contribution >= 0.6 is 0 Å². The van der Waals surface area contributed by atoms with Gasteiger partial charge in [0.2, 0.25) is 0 Å². The van der Waals surface area contributed by atoms with Crippen molar-refractivity contribution in [1.82, 2.24) is 0 Å². The summed E-state index contributed by atoms with van der Waals surface area (Å²) < 4.78 is 0. The quantitative estimate of drug-likeness (QED) is 0.616. The predicted molar refractivity (Wildman–Crippen MR) is 68.9 cm³/mol. The van der Waals surface area contributed by atoms with E-state index >= 15 is 0 Å². The fraction of sp³-hybridized carbons (Fsp3) is 1.00. The number of fused-ring (bicyclic) bond motifs is 3. The molecule has 6 atom stereocenters. The van der Waals surface area contributed by atoms with Crippen molar-refractivity contribution in [3.8, 4) is 0 Å². The molecule has 3 fully saturated rings. The highest BCUT2D eigenvalue weighted by Crippen LogP contribution is 2.71. The van der Waals surface area contributed by atoms with Gasteiger partial charge in [-0.3, -0.25) is 0 Å². The fourth-order valence-corrected chi connectivity index (χ4v) is 5.70. The van der Waals surface area contributed by atoms with Crippen molar-refractivity contribution >= 4 is 0 Å². The molecule has 3 aliphatic rings. The Kier molecular flexibility index (Phi) is 2.24. The van der Waals surface area contributed by atoms with Crippen molar-refractivity contribution in [2.45, 2.75) is 70.7 Å². The summed E-state index contributed by atoms with van der Waals surface area (Å²) >= 11 is 0. The van der Waals surface area contributed by atoms with Crippen molar-refractivity contribution < 1.29 is 15.3 Å².